The zero-order valence-electron chi connectivity index (χ0n) is 12.9. The fraction of sp³-hybridized carbons (Fsp3) is 0.353. The number of likely N-dealkylation sites (tertiary alicyclic amines) is 1. The Morgan fingerprint density at radius 3 is 3.00 bits per heavy atom. The molecular formula is C17H18FN3O2. The topological polar surface area (TPSA) is 55.3 Å². The summed E-state index contributed by atoms with van der Waals surface area (Å²) in [5.41, 5.74) is 0.900. The predicted octanol–water partition coefficient (Wildman–Crippen LogP) is 2.61. The van der Waals surface area contributed by atoms with Gasteiger partial charge in [0, 0.05) is 24.5 Å². The molecule has 1 unspecified atom stereocenters. The largest absolute Gasteiger partial charge is 0.471 e. The lowest BCUT2D eigenvalue weighted by Crippen LogP contribution is -2.44. The van der Waals surface area contributed by atoms with E-state index in [0.29, 0.717) is 30.1 Å². The Morgan fingerprint density at radius 1 is 1.39 bits per heavy atom. The summed E-state index contributed by atoms with van der Waals surface area (Å²) in [7, 11) is 0. The minimum absolute atomic E-state index is 0.125. The summed E-state index contributed by atoms with van der Waals surface area (Å²) < 4.78 is 19.4. The molecule has 1 aromatic heterocycles. The molecule has 1 aliphatic heterocycles. The van der Waals surface area contributed by atoms with E-state index < -0.39 is 0 Å². The maximum Gasteiger partial charge on any atom is 0.254 e. The molecule has 0 bridgehead atoms. The van der Waals surface area contributed by atoms with Crippen molar-refractivity contribution in [2.75, 3.05) is 13.1 Å². The highest BCUT2D eigenvalue weighted by molar-refractivity contribution is 5.94. The SMILES string of the molecule is Cc1ccc(C(=O)N2CCCC(Oc3cnccn3)C2)cc1F. The number of hydrogen-bond donors (Lipinski definition) is 0. The zero-order valence-corrected chi connectivity index (χ0v) is 12.9. The molecule has 0 radical (unpaired) electrons. The summed E-state index contributed by atoms with van der Waals surface area (Å²) in [6, 6.07) is 4.58. The summed E-state index contributed by atoms with van der Waals surface area (Å²) in [5, 5.41) is 0. The van der Waals surface area contributed by atoms with Crippen LogP contribution < -0.4 is 4.74 Å². The van der Waals surface area contributed by atoms with Crippen LogP contribution in [0.15, 0.2) is 36.8 Å². The maximum absolute atomic E-state index is 13.7. The third-order valence-electron chi connectivity index (χ3n) is 3.91. The normalized spacial score (nSPS) is 17.8. The molecule has 1 aliphatic rings. The van der Waals surface area contributed by atoms with Gasteiger partial charge in [0.05, 0.1) is 12.7 Å². The third kappa shape index (κ3) is 3.64. The van der Waals surface area contributed by atoms with Gasteiger partial charge < -0.3 is 9.64 Å². The number of rotatable bonds is 3. The molecule has 0 N–H and O–H groups in total. The third-order valence-corrected chi connectivity index (χ3v) is 3.91. The van der Waals surface area contributed by atoms with Crippen LogP contribution in [0, 0.1) is 12.7 Å². The first kappa shape index (κ1) is 15.4. The molecule has 0 saturated carbocycles. The monoisotopic (exact) mass is 315 g/mol. The number of amides is 1. The number of hydrogen-bond acceptors (Lipinski definition) is 4. The van der Waals surface area contributed by atoms with Gasteiger partial charge in [0.25, 0.3) is 5.91 Å². The van der Waals surface area contributed by atoms with Gasteiger partial charge in [-0.25, -0.2) is 9.37 Å². The quantitative estimate of drug-likeness (QED) is 0.873. The van der Waals surface area contributed by atoms with Crippen LogP contribution in [0.2, 0.25) is 0 Å². The van der Waals surface area contributed by atoms with Gasteiger partial charge in [-0.15, -0.1) is 0 Å². The van der Waals surface area contributed by atoms with Crippen LogP contribution in [0.25, 0.3) is 0 Å². The first-order valence-electron chi connectivity index (χ1n) is 7.61. The number of benzene rings is 1. The van der Waals surface area contributed by atoms with Gasteiger partial charge in [-0.1, -0.05) is 6.07 Å². The first-order valence-corrected chi connectivity index (χ1v) is 7.61. The molecule has 1 fully saturated rings. The van der Waals surface area contributed by atoms with Crippen molar-refractivity contribution in [2.45, 2.75) is 25.9 Å². The Bertz CT molecular complexity index is 693. The lowest BCUT2D eigenvalue weighted by Gasteiger charge is -2.32. The molecular weight excluding hydrogens is 297 g/mol. The van der Waals surface area contributed by atoms with Gasteiger partial charge in [-0.05, 0) is 37.5 Å². The molecule has 2 heterocycles. The second-order valence-electron chi connectivity index (χ2n) is 5.64. The minimum Gasteiger partial charge on any atom is -0.471 e. The molecule has 1 aromatic carbocycles. The number of halogens is 1. The average molecular weight is 315 g/mol. The van der Waals surface area contributed by atoms with Crippen LogP contribution in [0.1, 0.15) is 28.8 Å². The highest BCUT2D eigenvalue weighted by atomic mass is 19.1. The second kappa shape index (κ2) is 6.73. The summed E-state index contributed by atoms with van der Waals surface area (Å²) >= 11 is 0. The van der Waals surface area contributed by atoms with Gasteiger partial charge in [0.15, 0.2) is 0 Å². The lowest BCUT2D eigenvalue weighted by molar-refractivity contribution is 0.0526. The average Bonchev–Trinajstić information content (AvgIpc) is 2.58. The molecule has 0 aliphatic carbocycles. The van der Waals surface area contributed by atoms with Crippen LogP contribution in [0.5, 0.6) is 5.88 Å². The first-order chi connectivity index (χ1) is 11.1. The number of aromatic nitrogens is 2. The van der Waals surface area contributed by atoms with Crippen molar-refractivity contribution in [1.29, 1.82) is 0 Å². The highest BCUT2D eigenvalue weighted by Crippen LogP contribution is 2.19. The van der Waals surface area contributed by atoms with Crippen molar-refractivity contribution in [3.63, 3.8) is 0 Å². The Balaban J connectivity index is 1.68. The van der Waals surface area contributed by atoms with Gasteiger partial charge in [-0.3, -0.25) is 9.78 Å². The van der Waals surface area contributed by atoms with Gasteiger partial charge in [0.1, 0.15) is 11.9 Å². The standard InChI is InChI=1S/C17H18FN3O2/c1-12-4-5-13(9-15(12)18)17(22)21-8-2-3-14(11-21)23-16-10-19-6-7-20-16/h4-7,9-10,14H,2-3,8,11H2,1H3. The van der Waals surface area contributed by atoms with Gasteiger partial charge in [-0.2, -0.15) is 0 Å². The number of piperidine rings is 1. The van der Waals surface area contributed by atoms with E-state index >= 15 is 0 Å². The van der Waals surface area contributed by atoms with Crippen molar-refractivity contribution in [3.8, 4) is 5.88 Å². The highest BCUT2D eigenvalue weighted by Gasteiger charge is 2.26. The Kier molecular flexibility index (Phi) is 4.50. The maximum atomic E-state index is 13.7. The van der Waals surface area contributed by atoms with Crippen molar-refractivity contribution in [3.05, 3.63) is 53.7 Å². The fourth-order valence-electron chi connectivity index (χ4n) is 2.64. The zero-order chi connectivity index (χ0) is 16.2. The summed E-state index contributed by atoms with van der Waals surface area (Å²) in [4.78, 5) is 22.3. The van der Waals surface area contributed by atoms with E-state index in [1.165, 1.54) is 6.07 Å². The molecule has 5 nitrogen and oxygen atoms in total. The molecule has 1 atom stereocenters. The van der Waals surface area contributed by atoms with E-state index in [0.717, 1.165) is 12.8 Å². The molecule has 1 amide bonds. The Morgan fingerprint density at radius 2 is 2.26 bits per heavy atom. The molecule has 23 heavy (non-hydrogen) atoms. The number of carbonyl (C=O) groups is 1. The number of nitrogens with zero attached hydrogens (tertiary/aromatic N) is 3. The van der Waals surface area contributed by atoms with Crippen LogP contribution in [0.3, 0.4) is 0 Å². The molecule has 0 spiro atoms. The number of carbonyl (C=O) groups excluding carboxylic acids is 1. The van der Waals surface area contributed by atoms with E-state index in [-0.39, 0.29) is 17.8 Å². The van der Waals surface area contributed by atoms with Crippen molar-refractivity contribution >= 4 is 5.91 Å². The predicted molar refractivity (Wildman–Crippen MR) is 82.7 cm³/mol. The number of ether oxygens (including phenoxy) is 1. The summed E-state index contributed by atoms with van der Waals surface area (Å²) in [6.07, 6.45) is 6.26. The van der Waals surface area contributed by atoms with Crippen molar-refractivity contribution in [1.82, 2.24) is 14.9 Å². The van der Waals surface area contributed by atoms with E-state index in [2.05, 4.69) is 9.97 Å². The van der Waals surface area contributed by atoms with Gasteiger partial charge in [0.2, 0.25) is 5.88 Å². The van der Waals surface area contributed by atoms with Crippen LogP contribution in [0.4, 0.5) is 4.39 Å². The lowest BCUT2D eigenvalue weighted by atomic mass is 10.1. The number of aryl methyl sites for hydroxylation is 1. The van der Waals surface area contributed by atoms with Crippen LogP contribution >= 0.6 is 0 Å². The van der Waals surface area contributed by atoms with E-state index in [4.69, 9.17) is 4.74 Å². The van der Waals surface area contributed by atoms with E-state index in [1.807, 2.05) is 0 Å². The Hall–Kier alpha value is -2.50. The second-order valence-corrected chi connectivity index (χ2v) is 5.64. The van der Waals surface area contributed by atoms with Crippen LogP contribution in [-0.4, -0.2) is 40.0 Å². The van der Waals surface area contributed by atoms with Crippen LogP contribution in [-0.2, 0) is 0 Å². The minimum atomic E-state index is -0.361. The van der Waals surface area contributed by atoms with E-state index in [1.54, 1.807) is 42.5 Å². The molecule has 120 valence electrons. The molecule has 1 saturated heterocycles. The molecule has 2 aromatic rings. The van der Waals surface area contributed by atoms with Crippen molar-refractivity contribution < 1.29 is 13.9 Å². The summed E-state index contributed by atoms with van der Waals surface area (Å²) in [5.74, 6) is -0.0789. The smallest absolute Gasteiger partial charge is 0.254 e. The van der Waals surface area contributed by atoms with Gasteiger partial charge >= 0.3 is 0 Å². The fourth-order valence-corrected chi connectivity index (χ4v) is 2.64. The Labute approximate surface area is 134 Å². The summed E-state index contributed by atoms with van der Waals surface area (Å²) in [6.45, 7) is 2.79. The van der Waals surface area contributed by atoms with E-state index in [9.17, 15) is 9.18 Å². The molecule has 3 rings (SSSR count). The van der Waals surface area contributed by atoms with Crippen molar-refractivity contribution in [2.24, 2.45) is 0 Å². The molecule has 6 heteroatoms.